The minimum absolute atomic E-state index is 0.140. The SMILES string of the molecule is Cc1ccc(C(=O)Cc2nccs2)c(F)c1. The molecule has 82 valence electrons. The fourth-order valence-corrected chi connectivity index (χ4v) is 2.03. The largest absolute Gasteiger partial charge is 0.294 e. The Morgan fingerprint density at radius 3 is 2.94 bits per heavy atom. The summed E-state index contributed by atoms with van der Waals surface area (Å²) in [4.78, 5) is 15.8. The summed E-state index contributed by atoms with van der Waals surface area (Å²) in [5.41, 5.74) is 0.948. The van der Waals surface area contributed by atoms with Crippen LogP contribution in [-0.4, -0.2) is 10.8 Å². The zero-order chi connectivity index (χ0) is 11.5. The van der Waals surface area contributed by atoms with Gasteiger partial charge in [-0.25, -0.2) is 9.37 Å². The number of aromatic nitrogens is 1. The molecule has 1 heterocycles. The van der Waals surface area contributed by atoms with Gasteiger partial charge in [0.2, 0.25) is 0 Å². The molecule has 0 radical (unpaired) electrons. The maximum Gasteiger partial charge on any atom is 0.172 e. The molecule has 0 aliphatic rings. The summed E-state index contributed by atoms with van der Waals surface area (Å²) in [6, 6.07) is 4.63. The van der Waals surface area contributed by atoms with E-state index in [9.17, 15) is 9.18 Å². The summed E-state index contributed by atoms with van der Waals surface area (Å²) in [5.74, 6) is -0.686. The maximum atomic E-state index is 13.5. The summed E-state index contributed by atoms with van der Waals surface area (Å²) in [5, 5.41) is 2.51. The van der Waals surface area contributed by atoms with Crippen LogP contribution < -0.4 is 0 Å². The van der Waals surface area contributed by atoms with E-state index in [2.05, 4.69) is 4.98 Å². The van der Waals surface area contributed by atoms with Gasteiger partial charge in [-0.15, -0.1) is 11.3 Å². The van der Waals surface area contributed by atoms with Gasteiger partial charge in [-0.05, 0) is 24.6 Å². The van der Waals surface area contributed by atoms with Gasteiger partial charge in [-0.1, -0.05) is 6.07 Å². The second-order valence-corrected chi connectivity index (χ2v) is 4.49. The Labute approximate surface area is 96.8 Å². The number of nitrogens with zero attached hydrogens (tertiary/aromatic N) is 1. The van der Waals surface area contributed by atoms with Gasteiger partial charge in [0.15, 0.2) is 5.78 Å². The van der Waals surface area contributed by atoms with E-state index in [-0.39, 0.29) is 17.8 Å². The molecular formula is C12H10FNOS. The second-order valence-electron chi connectivity index (χ2n) is 3.51. The van der Waals surface area contributed by atoms with Gasteiger partial charge in [-0.3, -0.25) is 4.79 Å². The Kier molecular flexibility index (Phi) is 3.10. The maximum absolute atomic E-state index is 13.5. The highest BCUT2D eigenvalue weighted by atomic mass is 32.1. The van der Waals surface area contributed by atoms with E-state index in [1.165, 1.54) is 23.5 Å². The molecule has 0 fully saturated rings. The van der Waals surface area contributed by atoms with Crippen molar-refractivity contribution in [3.63, 3.8) is 0 Å². The molecule has 0 aliphatic carbocycles. The molecule has 2 rings (SSSR count). The molecule has 4 heteroatoms. The van der Waals surface area contributed by atoms with Crippen LogP contribution in [0.3, 0.4) is 0 Å². The molecule has 0 aliphatic heterocycles. The van der Waals surface area contributed by atoms with E-state index in [0.717, 1.165) is 5.56 Å². The molecule has 0 amide bonds. The number of aryl methyl sites for hydroxylation is 1. The number of rotatable bonds is 3. The molecule has 0 unspecified atom stereocenters. The monoisotopic (exact) mass is 235 g/mol. The number of ketones is 1. The van der Waals surface area contributed by atoms with Crippen molar-refractivity contribution in [3.8, 4) is 0 Å². The molecule has 0 bridgehead atoms. The van der Waals surface area contributed by atoms with Gasteiger partial charge in [0.1, 0.15) is 10.8 Å². The fourth-order valence-electron chi connectivity index (χ4n) is 1.42. The Balaban J connectivity index is 2.21. The van der Waals surface area contributed by atoms with Crippen molar-refractivity contribution in [3.05, 3.63) is 51.7 Å². The van der Waals surface area contributed by atoms with Crippen LogP contribution >= 0.6 is 11.3 Å². The fraction of sp³-hybridized carbons (Fsp3) is 0.167. The third kappa shape index (κ3) is 2.33. The first-order valence-electron chi connectivity index (χ1n) is 4.84. The molecule has 1 aromatic heterocycles. The quantitative estimate of drug-likeness (QED) is 0.765. The minimum Gasteiger partial charge on any atom is -0.294 e. The Morgan fingerprint density at radius 2 is 2.31 bits per heavy atom. The van der Waals surface area contributed by atoms with Crippen LogP contribution in [0.25, 0.3) is 0 Å². The second kappa shape index (κ2) is 4.53. The summed E-state index contributed by atoms with van der Waals surface area (Å²) in [6.07, 6.45) is 1.80. The molecule has 2 nitrogen and oxygen atoms in total. The van der Waals surface area contributed by atoms with Crippen molar-refractivity contribution in [2.75, 3.05) is 0 Å². The van der Waals surface area contributed by atoms with E-state index in [1.807, 2.05) is 0 Å². The lowest BCUT2D eigenvalue weighted by atomic mass is 10.1. The first-order valence-corrected chi connectivity index (χ1v) is 5.72. The van der Waals surface area contributed by atoms with E-state index < -0.39 is 5.82 Å². The lowest BCUT2D eigenvalue weighted by Crippen LogP contribution is -2.06. The van der Waals surface area contributed by atoms with Gasteiger partial charge < -0.3 is 0 Å². The van der Waals surface area contributed by atoms with Gasteiger partial charge in [0.25, 0.3) is 0 Å². The number of hydrogen-bond donors (Lipinski definition) is 0. The molecular weight excluding hydrogens is 225 g/mol. The number of carbonyl (C=O) groups excluding carboxylic acids is 1. The molecule has 0 atom stereocenters. The number of halogens is 1. The van der Waals surface area contributed by atoms with Crippen LogP contribution in [0.4, 0.5) is 4.39 Å². The van der Waals surface area contributed by atoms with E-state index >= 15 is 0 Å². The smallest absolute Gasteiger partial charge is 0.172 e. The molecule has 16 heavy (non-hydrogen) atoms. The third-order valence-corrected chi connectivity index (χ3v) is 3.00. The molecule has 0 saturated heterocycles. The Morgan fingerprint density at radius 1 is 1.50 bits per heavy atom. The van der Waals surface area contributed by atoms with E-state index in [4.69, 9.17) is 0 Å². The van der Waals surface area contributed by atoms with Crippen molar-refractivity contribution in [2.24, 2.45) is 0 Å². The molecule has 0 spiro atoms. The first kappa shape index (κ1) is 11.0. The number of benzene rings is 1. The van der Waals surface area contributed by atoms with Crippen LogP contribution in [0.2, 0.25) is 0 Å². The van der Waals surface area contributed by atoms with Crippen LogP contribution in [-0.2, 0) is 6.42 Å². The molecule has 0 saturated carbocycles. The van der Waals surface area contributed by atoms with Crippen molar-refractivity contribution >= 4 is 17.1 Å². The summed E-state index contributed by atoms with van der Waals surface area (Å²) in [7, 11) is 0. The first-order chi connectivity index (χ1) is 7.66. The van der Waals surface area contributed by atoms with Crippen molar-refractivity contribution < 1.29 is 9.18 Å². The highest BCUT2D eigenvalue weighted by Gasteiger charge is 2.13. The van der Waals surface area contributed by atoms with Crippen molar-refractivity contribution in [1.82, 2.24) is 4.98 Å². The highest BCUT2D eigenvalue weighted by Crippen LogP contribution is 2.14. The number of hydrogen-bond acceptors (Lipinski definition) is 3. The standard InChI is InChI=1S/C12H10FNOS/c1-8-2-3-9(10(13)6-8)11(15)7-12-14-4-5-16-12/h2-6H,7H2,1H3. The Hall–Kier alpha value is -1.55. The zero-order valence-electron chi connectivity index (χ0n) is 8.74. The molecule has 0 N–H and O–H groups in total. The van der Waals surface area contributed by atoms with Gasteiger partial charge >= 0.3 is 0 Å². The number of thiazole rings is 1. The van der Waals surface area contributed by atoms with E-state index in [1.54, 1.807) is 24.6 Å². The van der Waals surface area contributed by atoms with Crippen LogP contribution in [0.15, 0.2) is 29.8 Å². The Bertz CT molecular complexity index is 508. The predicted octanol–water partition coefficient (Wildman–Crippen LogP) is 3.02. The predicted molar refractivity (Wildman–Crippen MR) is 61.3 cm³/mol. The summed E-state index contributed by atoms with van der Waals surface area (Å²) < 4.78 is 13.5. The zero-order valence-corrected chi connectivity index (χ0v) is 9.55. The normalized spacial score (nSPS) is 10.4. The highest BCUT2D eigenvalue weighted by molar-refractivity contribution is 7.09. The molecule has 1 aromatic carbocycles. The van der Waals surface area contributed by atoms with Gasteiger partial charge in [0, 0.05) is 11.6 Å². The van der Waals surface area contributed by atoms with Gasteiger partial charge in [0.05, 0.1) is 12.0 Å². The lowest BCUT2D eigenvalue weighted by molar-refractivity contribution is 0.0989. The summed E-state index contributed by atoms with van der Waals surface area (Å²) >= 11 is 1.40. The van der Waals surface area contributed by atoms with Crippen LogP contribution in [0.1, 0.15) is 20.9 Å². The van der Waals surface area contributed by atoms with Gasteiger partial charge in [-0.2, -0.15) is 0 Å². The van der Waals surface area contributed by atoms with E-state index in [0.29, 0.717) is 5.01 Å². The van der Waals surface area contributed by atoms with Crippen LogP contribution in [0.5, 0.6) is 0 Å². The topological polar surface area (TPSA) is 30.0 Å². The average Bonchev–Trinajstić information content (AvgIpc) is 2.70. The third-order valence-electron chi connectivity index (χ3n) is 2.22. The average molecular weight is 235 g/mol. The number of carbonyl (C=O) groups is 1. The van der Waals surface area contributed by atoms with Crippen molar-refractivity contribution in [1.29, 1.82) is 0 Å². The lowest BCUT2D eigenvalue weighted by Gasteiger charge is -2.01. The minimum atomic E-state index is -0.457. The van der Waals surface area contributed by atoms with Crippen LogP contribution in [0, 0.1) is 12.7 Å². The molecule has 2 aromatic rings. The summed E-state index contributed by atoms with van der Waals surface area (Å²) in [6.45, 7) is 1.79. The number of Topliss-reactive ketones (excluding diaryl/α,β-unsaturated/α-hetero) is 1. The van der Waals surface area contributed by atoms with Crippen molar-refractivity contribution in [2.45, 2.75) is 13.3 Å².